The van der Waals surface area contributed by atoms with Crippen molar-refractivity contribution < 1.29 is 4.79 Å². The van der Waals surface area contributed by atoms with Crippen LogP contribution >= 0.6 is 0 Å². The van der Waals surface area contributed by atoms with Crippen molar-refractivity contribution in [2.45, 2.75) is 26.4 Å². The van der Waals surface area contributed by atoms with Gasteiger partial charge in [0.05, 0.1) is 17.6 Å². The number of rotatable bonds is 4. The number of nitrogens with two attached hydrogens (primary N) is 1. The lowest BCUT2D eigenvalue weighted by Crippen LogP contribution is -2.39. The molecule has 0 aliphatic heterocycles. The molecule has 2 atom stereocenters. The van der Waals surface area contributed by atoms with E-state index >= 15 is 0 Å². The lowest BCUT2D eigenvalue weighted by Gasteiger charge is -2.23. The quantitative estimate of drug-likeness (QED) is 0.874. The van der Waals surface area contributed by atoms with Gasteiger partial charge in [-0.15, -0.1) is 0 Å². The highest BCUT2D eigenvalue weighted by Gasteiger charge is 2.20. The Hall–Kier alpha value is -1.86. The fourth-order valence-electron chi connectivity index (χ4n) is 1.61. The van der Waals surface area contributed by atoms with Crippen LogP contribution in [0.3, 0.4) is 0 Å². The zero-order valence-corrected chi connectivity index (χ0v) is 11.1. The number of carbonyl (C=O) groups is 1. The molecule has 0 saturated carbocycles. The lowest BCUT2D eigenvalue weighted by atomic mass is 10.0. The van der Waals surface area contributed by atoms with Gasteiger partial charge in [-0.25, -0.2) is 0 Å². The van der Waals surface area contributed by atoms with Gasteiger partial charge in [0.15, 0.2) is 0 Å². The smallest absolute Gasteiger partial charge is 0.226 e. The summed E-state index contributed by atoms with van der Waals surface area (Å²) in [5.74, 6) is -0.150. The molecule has 0 aliphatic carbocycles. The van der Waals surface area contributed by atoms with E-state index in [0.29, 0.717) is 12.1 Å². The molecule has 0 heterocycles. The molecule has 1 aromatic rings. The van der Waals surface area contributed by atoms with Crippen LogP contribution in [0, 0.1) is 17.2 Å². The topological polar surface area (TPSA) is 70.1 Å². The molecular formula is C14H19N3O. The van der Waals surface area contributed by atoms with Crippen molar-refractivity contribution in [1.82, 2.24) is 4.90 Å². The minimum atomic E-state index is -0.187. The summed E-state index contributed by atoms with van der Waals surface area (Å²) >= 11 is 0. The van der Waals surface area contributed by atoms with Crippen LogP contribution in [0.1, 0.15) is 25.0 Å². The van der Waals surface area contributed by atoms with E-state index in [0.717, 1.165) is 5.56 Å². The molecule has 0 radical (unpaired) electrons. The Labute approximate surface area is 108 Å². The molecule has 2 unspecified atom stereocenters. The van der Waals surface area contributed by atoms with Crippen molar-refractivity contribution in [3.8, 4) is 6.07 Å². The monoisotopic (exact) mass is 245 g/mol. The fourth-order valence-corrected chi connectivity index (χ4v) is 1.61. The summed E-state index contributed by atoms with van der Waals surface area (Å²) in [5.41, 5.74) is 7.35. The summed E-state index contributed by atoms with van der Waals surface area (Å²) in [7, 11) is 1.76. The van der Waals surface area contributed by atoms with Crippen molar-refractivity contribution in [2.75, 3.05) is 7.05 Å². The standard InChI is InChI=1S/C14H19N3O/c1-10(11(2)16)14(18)17(3)9-13-6-4-12(8-15)5-7-13/h4-7,10-11H,9,16H2,1-3H3. The first-order valence-corrected chi connectivity index (χ1v) is 5.95. The van der Waals surface area contributed by atoms with E-state index in [4.69, 9.17) is 11.0 Å². The number of hydrogen-bond acceptors (Lipinski definition) is 3. The van der Waals surface area contributed by atoms with Crippen LogP contribution in [0.4, 0.5) is 0 Å². The normalized spacial score (nSPS) is 13.5. The van der Waals surface area contributed by atoms with Crippen LogP contribution in [0.2, 0.25) is 0 Å². The predicted octanol–water partition coefficient (Wildman–Crippen LogP) is 1.50. The van der Waals surface area contributed by atoms with Gasteiger partial charge in [-0.1, -0.05) is 19.1 Å². The lowest BCUT2D eigenvalue weighted by molar-refractivity contribution is -0.134. The zero-order valence-electron chi connectivity index (χ0n) is 11.1. The van der Waals surface area contributed by atoms with Crippen LogP contribution in [0.25, 0.3) is 0 Å². The maximum absolute atomic E-state index is 12.0. The molecule has 0 aromatic heterocycles. The molecule has 0 aliphatic rings. The van der Waals surface area contributed by atoms with Gasteiger partial charge in [0.25, 0.3) is 0 Å². The van der Waals surface area contributed by atoms with E-state index < -0.39 is 0 Å². The Balaban J connectivity index is 2.66. The van der Waals surface area contributed by atoms with Gasteiger partial charge < -0.3 is 10.6 Å². The average molecular weight is 245 g/mol. The molecule has 1 amide bonds. The Morgan fingerprint density at radius 1 is 1.39 bits per heavy atom. The van der Waals surface area contributed by atoms with Gasteiger partial charge in [0.2, 0.25) is 5.91 Å². The van der Waals surface area contributed by atoms with Gasteiger partial charge >= 0.3 is 0 Å². The van der Waals surface area contributed by atoms with Crippen LogP contribution in [-0.4, -0.2) is 23.9 Å². The van der Waals surface area contributed by atoms with Gasteiger partial charge in [-0.05, 0) is 24.6 Å². The van der Waals surface area contributed by atoms with Gasteiger partial charge in [-0.2, -0.15) is 5.26 Å². The summed E-state index contributed by atoms with van der Waals surface area (Å²) in [5, 5.41) is 8.70. The highest BCUT2D eigenvalue weighted by atomic mass is 16.2. The third-order valence-electron chi connectivity index (χ3n) is 3.06. The highest BCUT2D eigenvalue weighted by molar-refractivity contribution is 5.78. The molecule has 96 valence electrons. The molecule has 1 rings (SSSR count). The summed E-state index contributed by atoms with van der Waals surface area (Å²) in [6.45, 7) is 4.20. The Bertz CT molecular complexity index is 445. The van der Waals surface area contributed by atoms with E-state index in [-0.39, 0.29) is 17.9 Å². The number of hydrogen-bond donors (Lipinski definition) is 1. The van der Waals surface area contributed by atoms with Gasteiger partial charge in [-0.3, -0.25) is 4.79 Å². The first-order chi connectivity index (χ1) is 8.45. The number of benzene rings is 1. The third-order valence-corrected chi connectivity index (χ3v) is 3.06. The number of nitrogens with zero attached hydrogens (tertiary/aromatic N) is 2. The summed E-state index contributed by atoms with van der Waals surface area (Å²) < 4.78 is 0. The molecular weight excluding hydrogens is 226 g/mol. The van der Waals surface area contributed by atoms with E-state index in [1.807, 2.05) is 26.0 Å². The van der Waals surface area contributed by atoms with Crippen molar-refractivity contribution in [3.05, 3.63) is 35.4 Å². The van der Waals surface area contributed by atoms with E-state index in [1.54, 1.807) is 24.1 Å². The largest absolute Gasteiger partial charge is 0.341 e. The second-order valence-corrected chi connectivity index (χ2v) is 4.65. The second kappa shape index (κ2) is 6.18. The molecule has 4 heteroatoms. The molecule has 2 N–H and O–H groups in total. The minimum Gasteiger partial charge on any atom is -0.341 e. The van der Waals surface area contributed by atoms with E-state index in [9.17, 15) is 4.79 Å². The summed E-state index contributed by atoms with van der Waals surface area (Å²) in [6, 6.07) is 9.14. The number of carbonyl (C=O) groups excluding carboxylic acids is 1. The molecule has 1 aromatic carbocycles. The van der Waals surface area contributed by atoms with Crippen molar-refractivity contribution in [1.29, 1.82) is 5.26 Å². The van der Waals surface area contributed by atoms with E-state index in [2.05, 4.69) is 6.07 Å². The Morgan fingerprint density at radius 3 is 2.39 bits per heavy atom. The number of amides is 1. The zero-order chi connectivity index (χ0) is 13.7. The van der Waals surface area contributed by atoms with Crippen LogP contribution < -0.4 is 5.73 Å². The van der Waals surface area contributed by atoms with Crippen molar-refractivity contribution >= 4 is 5.91 Å². The maximum atomic E-state index is 12.0. The molecule has 4 nitrogen and oxygen atoms in total. The fraction of sp³-hybridized carbons (Fsp3) is 0.429. The van der Waals surface area contributed by atoms with E-state index in [1.165, 1.54) is 0 Å². The summed E-state index contributed by atoms with van der Waals surface area (Å²) in [6.07, 6.45) is 0. The molecule has 0 fully saturated rings. The average Bonchev–Trinajstić information content (AvgIpc) is 2.37. The predicted molar refractivity (Wildman–Crippen MR) is 70.4 cm³/mol. The Morgan fingerprint density at radius 2 is 1.94 bits per heavy atom. The maximum Gasteiger partial charge on any atom is 0.226 e. The number of nitriles is 1. The second-order valence-electron chi connectivity index (χ2n) is 4.65. The van der Waals surface area contributed by atoms with Crippen LogP contribution in [0.5, 0.6) is 0 Å². The highest BCUT2D eigenvalue weighted by Crippen LogP contribution is 2.10. The summed E-state index contributed by atoms with van der Waals surface area (Å²) in [4.78, 5) is 13.7. The Kier molecular flexibility index (Phi) is 4.87. The minimum absolute atomic E-state index is 0.0364. The van der Waals surface area contributed by atoms with Crippen LogP contribution in [0.15, 0.2) is 24.3 Å². The SMILES string of the molecule is CC(N)C(C)C(=O)N(C)Cc1ccc(C#N)cc1. The molecule has 0 bridgehead atoms. The third kappa shape index (κ3) is 3.57. The molecule has 0 spiro atoms. The molecule has 0 saturated heterocycles. The van der Waals surface area contributed by atoms with Gasteiger partial charge in [0.1, 0.15) is 0 Å². The first kappa shape index (κ1) is 14.2. The van der Waals surface area contributed by atoms with Crippen molar-refractivity contribution in [2.24, 2.45) is 11.7 Å². The van der Waals surface area contributed by atoms with Gasteiger partial charge in [0, 0.05) is 19.6 Å². The molecule has 18 heavy (non-hydrogen) atoms. The van der Waals surface area contributed by atoms with Crippen molar-refractivity contribution in [3.63, 3.8) is 0 Å². The van der Waals surface area contributed by atoms with Crippen LogP contribution in [-0.2, 0) is 11.3 Å². The first-order valence-electron chi connectivity index (χ1n) is 5.95.